The van der Waals surface area contributed by atoms with Gasteiger partial charge in [-0.15, -0.1) is 0 Å². The smallest absolute Gasteiger partial charge is 0.234 e. The highest BCUT2D eigenvalue weighted by Crippen LogP contribution is 2.20. The minimum atomic E-state index is -0.746. The average molecular weight is 355 g/mol. The molecule has 6 nitrogen and oxygen atoms in total. The minimum absolute atomic E-state index is 0.0796. The van der Waals surface area contributed by atoms with Crippen LogP contribution in [0, 0.1) is 5.92 Å². The highest BCUT2D eigenvalue weighted by molar-refractivity contribution is 5.83. The number of nitrogens with two attached hydrogens (primary N) is 1. The second kappa shape index (κ2) is 8.29. The van der Waals surface area contributed by atoms with E-state index in [-0.39, 0.29) is 30.8 Å². The van der Waals surface area contributed by atoms with E-state index >= 15 is 0 Å². The van der Waals surface area contributed by atoms with Gasteiger partial charge in [-0.2, -0.15) is 0 Å². The number of primary amides is 1. The van der Waals surface area contributed by atoms with E-state index in [1.54, 1.807) is 0 Å². The fourth-order valence-electron chi connectivity index (χ4n) is 3.38. The van der Waals surface area contributed by atoms with Crippen molar-refractivity contribution in [2.75, 3.05) is 26.2 Å². The fraction of sp³-hybridized carbons (Fsp3) is 0.400. The summed E-state index contributed by atoms with van der Waals surface area (Å²) in [6.45, 7) is 1.83. The first-order valence-electron chi connectivity index (χ1n) is 8.98. The average Bonchev–Trinajstić information content (AvgIpc) is 2.66. The molecule has 0 saturated carbocycles. The van der Waals surface area contributed by atoms with Crippen LogP contribution in [-0.2, 0) is 9.59 Å². The molecule has 3 rings (SSSR count). The highest BCUT2D eigenvalue weighted by Gasteiger charge is 2.24. The molecule has 1 saturated heterocycles. The van der Waals surface area contributed by atoms with E-state index in [1.807, 2.05) is 47.4 Å². The van der Waals surface area contributed by atoms with Gasteiger partial charge in [-0.1, -0.05) is 36.4 Å². The molecule has 2 amide bonds. The lowest BCUT2D eigenvalue weighted by Crippen LogP contribution is -2.44. The van der Waals surface area contributed by atoms with Crippen LogP contribution in [-0.4, -0.2) is 48.0 Å². The standard InChI is InChI=1S/C20H25N3O3/c21-20(26)15-7-9-23(10-8-15)13-19(25)22-12-18(24)17-6-5-14-3-1-2-4-16(14)11-17/h1-6,11,15,18,24H,7-10,12-13H2,(H2,21,26)(H,22,25)/t18-/m1/s1. The van der Waals surface area contributed by atoms with Gasteiger partial charge in [0, 0.05) is 12.5 Å². The van der Waals surface area contributed by atoms with Crippen molar-refractivity contribution in [3.05, 3.63) is 48.0 Å². The molecular formula is C20H25N3O3. The van der Waals surface area contributed by atoms with Crippen molar-refractivity contribution in [1.29, 1.82) is 0 Å². The topological polar surface area (TPSA) is 95.7 Å². The van der Waals surface area contributed by atoms with Crippen LogP contribution < -0.4 is 11.1 Å². The molecule has 138 valence electrons. The molecule has 1 heterocycles. The molecule has 2 aromatic rings. The van der Waals surface area contributed by atoms with E-state index in [4.69, 9.17) is 5.73 Å². The van der Waals surface area contributed by atoms with Gasteiger partial charge in [-0.3, -0.25) is 14.5 Å². The molecule has 0 radical (unpaired) electrons. The number of piperidine rings is 1. The van der Waals surface area contributed by atoms with Gasteiger partial charge in [-0.25, -0.2) is 0 Å². The monoisotopic (exact) mass is 355 g/mol. The van der Waals surface area contributed by atoms with Gasteiger partial charge in [0.05, 0.1) is 12.6 Å². The Morgan fingerprint density at radius 1 is 1.15 bits per heavy atom. The Balaban J connectivity index is 1.47. The molecule has 1 fully saturated rings. The number of rotatable bonds is 6. The molecular weight excluding hydrogens is 330 g/mol. The van der Waals surface area contributed by atoms with Crippen molar-refractivity contribution >= 4 is 22.6 Å². The molecule has 0 aliphatic carbocycles. The number of carbonyl (C=O) groups excluding carboxylic acids is 2. The summed E-state index contributed by atoms with van der Waals surface area (Å²) in [5.41, 5.74) is 6.10. The molecule has 0 spiro atoms. The Hall–Kier alpha value is -2.44. The molecule has 26 heavy (non-hydrogen) atoms. The molecule has 0 unspecified atom stereocenters. The van der Waals surface area contributed by atoms with Crippen molar-refractivity contribution in [2.24, 2.45) is 11.7 Å². The summed E-state index contributed by atoms with van der Waals surface area (Å²) < 4.78 is 0. The summed E-state index contributed by atoms with van der Waals surface area (Å²) >= 11 is 0. The maximum Gasteiger partial charge on any atom is 0.234 e. The number of aliphatic hydroxyl groups excluding tert-OH is 1. The van der Waals surface area contributed by atoms with E-state index < -0.39 is 6.10 Å². The number of likely N-dealkylation sites (tertiary alicyclic amines) is 1. The minimum Gasteiger partial charge on any atom is -0.387 e. The lowest BCUT2D eigenvalue weighted by Gasteiger charge is -2.29. The van der Waals surface area contributed by atoms with Gasteiger partial charge in [0.25, 0.3) is 0 Å². The normalized spacial score (nSPS) is 17.1. The SMILES string of the molecule is NC(=O)C1CCN(CC(=O)NC[C@@H](O)c2ccc3ccccc3c2)CC1. The summed E-state index contributed by atoms with van der Waals surface area (Å²) in [6, 6.07) is 13.8. The van der Waals surface area contributed by atoms with Crippen molar-refractivity contribution in [1.82, 2.24) is 10.2 Å². The molecule has 1 atom stereocenters. The van der Waals surface area contributed by atoms with E-state index in [2.05, 4.69) is 5.32 Å². The number of hydrogen-bond acceptors (Lipinski definition) is 4. The molecule has 1 aliphatic heterocycles. The summed E-state index contributed by atoms with van der Waals surface area (Å²) in [5.74, 6) is -0.459. The predicted molar refractivity (Wildman–Crippen MR) is 100 cm³/mol. The Kier molecular flexibility index (Phi) is 5.85. The second-order valence-corrected chi connectivity index (χ2v) is 6.88. The van der Waals surface area contributed by atoms with E-state index in [9.17, 15) is 14.7 Å². The molecule has 1 aliphatic rings. The first-order valence-corrected chi connectivity index (χ1v) is 8.98. The zero-order chi connectivity index (χ0) is 18.5. The first kappa shape index (κ1) is 18.4. The predicted octanol–water partition coefficient (Wildman–Crippen LogP) is 1.19. The van der Waals surface area contributed by atoms with E-state index in [0.717, 1.165) is 16.3 Å². The lowest BCUT2D eigenvalue weighted by atomic mass is 9.96. The third-order valence-corrected chi connectivity index (χ3v) is 5.01. The Labute approximate surface area is 153 Å². The van der Waals surface area contributed by atoms with Crippen LogP contribution in [0.3, 0.4) is 0 Å². The summed E-state index contributed by atoms with van der Waals surface area (Å²) in [4.78, 5) is 25.3. The molecule has 2 aromatic carbocycles. The number of benzene rings is 2. The third-order valence-electron chi connectivity index (χ3n) is 5.01. The van der Waals surface area contributed by atoms with Crippen molar-refractivity contribution in [3.63, 3.8) is 0 Å². The van der Waals surface area contributed by atoms with Gasteiger partial charge < -0.3 is 16.2 Å². The zero-order valence-electron chi connectivity index (χ0n) is 14.7. The lowest BCUT2D eigenvalue weighted by molar-refractivity contribution is -0.124. The number of nitrogens with zero attached hydrogens (tertiary/aromatic N) is 1. The first-order chi connectivity index (χ1) is 12.5. The van der Waals surface area contributed by atoms with Gasteiger partial charge in [0.1, 0.15) is 0 Å². The van der Waals surface area contributed by atoms with Crippen LogP contribution in [0.15, 0.2) is 42.5 Å². The molecule has 4 N–H and O–H groups in total. The van der Waals surface area contributed by atoms with Gasteiger partial charge in [0.15, 0.2) is 0 Å². The summed E-state index contributed by atoms with van der Waals surface area (Å²) in [7, 11) is 0. The van der Waals surface area contributed by atoms with Crippen molar-refractivity contribution in [3.8, 4) is 0 Å². The van der Waals surface area contributed by atoms with Crippen LogP contribution in [0.2, 0.25) is 0 Å². The van der Waals surface area contributed by atoms with Crippen LogP contribution in [0.1, 0.15) is 24.5 Å². The van der Waals surface area contributed by atoms with Gasteiger partial charge >= 0.3 is 0 Å². The number of nitrogens with one attached hydrogen (secondary N) is 1. The number of amides is 2. The van der Waals surface area contributed by atoms with Crippen LogP contribution in [0.25, 0.3) is 10.8 Å². The third kappa shape index (κ3) is 4.59. The Morgan fingerprint density at radius 2 is 1.85 bits per heavy atom. The number of hydrogen-bond donors (Lipinski definition) is 3. The summed E-state index contributed by atoms with van der Waals surface area (Å²) in [6.07, 6.45) is 0.647. The van der Waals surface area contributed by atoms with Gasteiger partial charge in [-0.05, 0) is 48.3 Å². The fourth-order valence-corrected chi connectivity index (χ4v) is 3.38. The molecule has 6 heteroatoms. The second-order valence-electron chi connectivity index (χ2n) is 6.88. The maximum atomic E-state index is 12.1. The van der Waals surface area contributed by atoms with Crippen LogP contribution in [0.4, 0.5) is 0 Å². The Morgan fingerprint density at radius 3 is 2.54 bits per heavy atom. The molecule has 0 aromatic heterocycles. The largest absolute Gasteiger partial charge is 0.387 e. The number of carbonyl (C=O) groups is 2. The number of aliphatic hydroxyl groups is 1. The van der Waals surface area contributed by atoms with Crippen LogP contribution in [0.5, 0.6) is 0 Å². The van der Waals surface area contributed by atoms with Gasteiger partial charge in [0.2, 0.25) is 11.8 Å². The van der Waals surface area contributed by atoms with E-state index in [1.165, 1.54) is 0 Å². The number of fused-ring (bicyclic) bond motifs is 1. The highest BCUT2D eigenvalue weighted by atomic mass is 16.3. The maximum absolute atomic E-state index is 12.1. The summed E-state index contributed by atoms with van der Waals surface area (Å²) in [5, 5.41) is 15.3. The van der Waals surface area contributed by atoms with E-state index in [0.29, 0.717) is 25.9 Å². The van der Waals surface area contributed by atoms with Crippen LogP contribution >= 0.6 is 0 Å². The van der Waals surface area contributed by atoms with Crippen molar-refractivity contribution < 1.29 is 14.7 Å². The molecule has 0 bridgehead atoms. The quantitative estimate of drug-likeness (QED) is 0.725. The Bertz CT molecular complexity index is 785. The zero-order valence-corrected chi connectivity index (χ0v) is 14.7. The van der Waals surface area contributed by atoms with Crippen molar-refractivity contribution in [2.45, 2.75) is 18.9 Å².